The van der Waals surface area contributed by atoms with Gasteiger partial charge in [-0.2, -0.15) is 0 Å². The van der Waals surface area contributed by atoms with E-state index in [1.165, 1.54) is 34.9 Å². The summed E-state index contributed by atoms with van der Waals surface area (Å²) in [6.07, 6.45) is 0. The molecule has 0 aliphatic rings. The minimum atomic E-state index is -2.42. The second-order valence-electron chi connectivity index (χ2n) is 7.33. The average Bonchev–Trinajstić information content (AvgIpc) is 2.88. The lowest BCUT2D eigenvalue weighted by Crippen LogP contribution is -2.36. The zero-order chi connectivity index (χ0) is 25.7. The number of nitrogens with one attached hydrogen (secondary N) is 3. The van der Waals surface area contributed by atoms with Crippen LogP contribution < -0.4 is 21.7 Å². The maximum atomic E-state index is 13.2. The number of aromatic nitrogens is 2. The summed E-state index contributed by atoms with van der Waals surface area (Å²) in [6, 6.07) is 17.8. The molecule has 1 atom stereocenters. The smallest absolute Gasteiger partial charge is 0.338 e. The summed E-state index contributed by atoms with van der Waals surface area (Å²) in [4.78, 5) is 42.2. The SMILES string of the molecule is CCOC(=O)c1cccc(NC(=O)NNc2nc3ccccc3c(=O)n2-c2ccc(S(=O)[O-])cc2)c1. The summed E-state index contributed by atoms with van der Waals surface area (Å²) in [6.45, 7) is 1.91. The number of carbonyl (C=O) groups is 2. The molecule has 0 saturated carbocycles. The van der Waals surface area contributed by atoms with E-state index in [0.29, 0.717) is 22.3 Å². The van der Waals surface area contributed by atoms with Gasteiger partial charge in [-0.1, -0.05) is 18.2 Å². The number of para-hydroxylation sites is 1. The molecular formula is C24H20N5O6S-. The van der Waals surface area contributed by atoms with Gasteiger partial charge in [-0.25, -0.2) is 24.6 Å². The van der Waals surface area contributed by atoms with Gasteiger partial charge < -0.3 is 14.6 Å². The van der Waals surface area contributed by atoms with Gasteiger partial charge >= 0.3 is 12.0 Å². The Morgan fingerprint density at radius 1 is 1.06 bits per heavy atom. The van der Waals surface area contributed by atoms with Crippen LogP contribution in [-0.4, -0.2) is 36.9 Å². The van der Waals surface area contributed by atoms with Crippen molar-refractivity contribution in [2.45, 2.75) is 11.8 Å². The maximum absolute atomic E-state index is 13.2. The van der Waals surface area contributed by atoms with E-state index >= 15 is 0 Å². The van der Waals surface area contributed by atoms with Gasteiger partial charge in [0.1, 0.15) is 0 Å². The van der Waals surface area contributed by atoms with Crippen molar-refractivity contribution in [1.82, 2.24) is 15.0 Å². The van der Waals surface area contributed by atoms with Gasteiger partial charge in [-0.05, 0) is 72.6 Å². The van der Waals surface area contributed by atoms with Gasteiger partial charge in [-0.15, -0.1) is 0 Å². The minimum absolute atomic E-state index is 0.00915. The number of benzene rings is 3. The van der Waals surface area contributed by atoms with Gasteiger partial charge in [0, 0.05) is 10.6 Å². The highest BCUT2D eigenvalue weighted by atomic mass is 32.2. The van der Waals surface area contributed by atoms with Crippen LogP contribution in [0.25, 0.3) is 16.6 Å². The number of carbonyl (C=O) groups excluding carboxylic acids is 2. The number of hydrogen-bond donors (Lipinski definition) is 3. The first kappa shape index (κ1) is 24.6. The number of rotatable bonds is 7. The third-order valence-electron chi connectivity index (χ3n) is 4.98. The highest BCUT2D eigenvalue weighted by Gasteiger charge is 2.14. The van der Waals surface area contributed by atoms with E-state index in [-0.39, 0.29) is 23.0 Å². The number of esters is 1. The monoisotopic (exact) mass is 506 g/mol. The van der Waals surface area contributed by atoms with Crippen LogP contribution in [0.1, 0.15) is 17.3 Å². The van der Waals surface area contributed by atoms with Crippen molar-refractivity contribution < 1.29 is 23.1 Å². The van der Waals surface area contributed by atoms with Crippen LogP contribution in [0, 0.1) is 0 Å². The summed E-state index contributed by atoms with van der Waals surface area (Å²) in [5.41, 5.74) is 5.96. The molecule has 3 aromatic carbocycles. The van der Waals surface area contributed by atoms with Crippen LogP contribution in [0.15, 0.2) is 82.5 Å². The third kappa shape index (κ3) is 5.40. The highest BCUT2D eigenvalue weighted by Crippen LogP contribution is 2.17. The standard InChI is InChI=1S/C24H21N5O6S/c1-2-35-22(31)15-6-5-7-16(14-15)25-24(32)28-27-23-26-20-9-4-3-8-19(20)21(30)29(23)17-10-12-18(13-11-17)36(33)34/h3-14H,2H2,1H3,(H,26,27)(H,33,34)(H2,25,28,32)/p-1. The number of urea groups is 1. The lowest BCUT2D eigenvalue weighted by Gasteiger charge is -2.16. The van der Waals surface area contributed by atoms with E-state index < -0.39 is 28.6 Å². The normalized spacial score (nSPS) is 11.5. The molecular weight excluding hydrogens is 486 g/mol. The number of hydrogen-bond acceptors (Lipinski definition) is 8. The lowest BCUT2D eigenvalue weighted by molar-refractivity contribution is 0.0526. The highest BCUT2D eigenvalue weighted by molar-refractivity contribution is 7.79. The zero-order valence-corrected chi connectivity index (χ0v) is 19.7. The van der Waals surface area contributed by atoms with Crippen molar-refractivity contribution in [2.75, 3.05) is 17.3 Å². The first-order valence-electron chi connectivity index (χ1n) is 10.7. The number of fused-ring (bicyclic) bond motifs is 1. The predicted molar refractivity (Wildman–Crippen MR) is 133 cm³/mol. The zero-order valence-electron chi connectivity index (χ0n) is 18.9. The Hall–Kier alpha value is -4.55. The van der Waals surface area contributed by atoms with Crippen LogP contribution >= 0.6 is 0 Å². The molecule has 36 heavy (non-hydrogen) atoms. The Morgan fingerprint density at radius 3 is 2.53 bits per heavy atom. The lowest BCUT2D eigenvalue weighted by atomic mass is 10.2. The van der Waals surface area contributed by atoms with Crippen molar-refractivity contribution in [1.29, 1.82) is 0 Å². The topological polar surface area (TPSA) is 154 Å². The first-order chi connectivity index (χ1) is 17.4. The number of hydrazine groups is 1. The molecule has 11 nitrogen and oxygen atoms in total. The molecule has 4 aromatic rings. The maximum Gasteiger partial charge on any atom is 0.338 e. The fraction of sp³-hybridized carbons (Fsp3) is 0.0833. The fourth-order valence-corrected chi connectivity index (χ4v) is 3.73. The Balaban J connectivity index is 1.60. The molecule has 184 valence electrons. The first-order valence-corrected chi connectivity index (χ1v) is 11.8. The number of amides is 2. The van der Waals surface area contributed by atoms with Crippen LogP contribution in [0.5, 0.6) is 0 Å². The quantitative estimate of drug-likeness (QED) is 0.196. The molecule has 0 spiro atoms. The second kappa shape index (κ2) is 10.8. The molecule has 2 amide bonds. The van der Waals surface area contributed by atoms with Gasteiger partial charge in [0.25, 0.3) is 5.56 Å². The van der Waals surface area contributed by atoms with E-state index in [0.717, 1.165) is 0 Å². The van der Waals surface area contributed by atoms with Gasteiger partial charge in [0.05, 0.1) is 28.8 Å². The molecule has 0 radical (unpaired) electrons. The minimum Gasteiger partial charge on any atom is -0.768 e. The van der Waals surface area contributed by atoms with Crippen molar-refractivity contribution in [2.24, 2.45) is 0 Å². The van der Waals surface area contributed by atoms with Crippen LogP contribution in [-0.2, 0) is 15.8 Å². The van der Waals surface area contributed by atoms with Crippen LogP contribution in [0.2, 0.25) is 0 Å². The summed E-state index contributed by atoms with van der Waals surface area (Å²) >= 11 is -2.42. The van der Waals surface area contributed by atoms with Gasteiger partial charge in [0.2, 0.25) is 5.95 Å². The Labute approximate surface area is 207 Å². The molecule has 3 N–H and O–H groups in total. The molecule has 0 fully saturated rings. The van der Waals surface area contributed by atoms with E-state index in [4.69, 9.17) is 4.74 Å². The molecule has 1 heterocycles. The summed E-state index contributed by atoms with van der Waals surface area (Å²) in [5, 5.41) is 2.91. The van der Waals surface area contributed by atoms with Gasteiger partial charge in [-0.3, -0.25) is 14.4 Å². The Kier molecular flexibility index (Phi) is 7.37. The molecule has 1 aromatic heterocycles. The van der Waals surface area contributed by atoms with Crippen molar-refractivity contribution in [3.05, 3.63) is 88.7 Å². The summed E-state index contributed by atoms with van der Waals surface area (Å²) in [7, 11) is 0. The van der Waals surface area contributed by atoms with Crippen LogP contribution in [0.4, 0.5) is 16.4 Å². The number of anilines is 2. The molecule has 0 aliphatic carbocycles. The van der Waals surface area contributed by atoms with E-state index in [1.807, 2.05) is 0 Å². The second-order valence-corrected chi connectivity index (χ2v) is 8.27. The van der Waals surface area contributed by atoms with E-state index in [9.17, 15) is 23.1 Å². The van der Waals surface area contributed by atoms with E-state index in [2.05, 4.69) is 21.2 Å². The van der Waals surface area contributed by atoms with Crippen LogP contribution in [0.3, 0.4) is 0 Å². The predicted octanol–water partition coefficient (Wildman–Crippen LogP) is 2.95. The van der Waals surface area contributed by atoms with E-state index in [1.54, 1.807) is 49.4 Å². The largest absolute Gasteiger partial charge is 0.768 e. The number of ether oxygens (including phenoxy) is 1. The Morgan fingerprint density at radius 2 is 1.81 bits per heavy atom. The fourth-order valence-electron chi connectivity index (χ4n) is 3.38. The summed E-state index contributed by atoms with van der Waals surface area (Å²) in [5.74, 6) is -0.527. The molecule has 0 bridgehead atoms. The average molecular weight is 507 g/mol. The molecule has 4 rings (SSSR count). The van der Waals surface area contributed by atoms with Crippen molar-refractivity contribution >= 4 is 45.6 Å². The third-order valence-corrected chi connectivity index (χ3v) is 5.64. The molecule has 1 unspecified atom stereocenters. The van der Waals surface area contributed by atoms with Crippen molar-refractivity contribution in [3.8, 4) is 5.69 Å². The molecule has 0 saturated heterocycles. The Bertz CT molecular complexity index is 1520. The molecule has 0 aliphatic heterocycles. The van der Waals surface area contributed by atoms with Crippen molar-refractivity contribution in [3.63, 3.8) is 0 Å². The van der Waals surface area contributed by atoms with Gasteiger partial charge in [0.15, 0.2) is 0 Å². The number of nitrogens with zero attached hydrogens (tertiary/aromatic N) is 2. The molecule has 12 heteroatoms. The summed E-state index contributed by atoms with van der Waals surface area (Å²) < 4.78 is 28.6.